The molecule has 0 spiro atoms. The van der Waals surface area contributed by atoms with Crippen molar-refractivity contribution in [3.8, 4) is 27.9 Å². The van der Waals surface area contributed by atoms with Crippen LogP contribution in [0.5, 0.6) is 0 Å². The van der Waals surface area contributed by atoms with Crippen LogP contribution in [-0.2, 0) is 0 Å². The highest BCUT2D eigenvalue weighted by Crippen LogP contribution is 2.50. The quantitative estimate of drug-likeness (QED) is 0.190. The Morgan fingerprint density at radius 1 is 0.442 bits per heavy atom. The zero-order valence-corrected chi connectivity index (χ0v) is 23.3. The fraction of sp³-hybridized carbons (Fsp3) is 0. The van der Waals surface area contributed by atoms with Crippen LogP contribution < -0.4 is 21.3 Å². The number of hydrogen-bond donors (Lipinski definition) is 0. The molecule has 0 saturated carbocycles. The number of nitrogens with zero attached hydrogens (tertiary/aromatic N) is 2. The van der Waals surface area contributed by atoms with E-state index in [1.54, 1.807) is 0 Å². The summed E-state index contributed by atoms with van der Waals surface area (Å²) in [7, 11) is 0. The molecule has 0 atom stereocenters. The van der Waals surface area contributed by atoms with E-state index in [2.05, 4.69) is 149 Å². The molecule has 0 bridgehead atoms. The van der Waals surface area contributed by atoms with Crippen molar-refractivity contribution >= 4 is 72.7 Å². The standard InChI is InChI=1S/C40H23BN2/c1-2-12-25(13-3-1)42-32-19-7-6-18-30(32)41-31-23-24-11-8-16-28-26-14-4-5-15-27(26)29-17-9-20-33-37(29)38(36(24)28)40(31)43(33)35-22-10-21-34(42)39(35)41/h1-23H. The number of fused-ring (bicyclic) bond motifs is 8. The van der Waals surface area contributed by atoms with E-state index >= 15 is 0 Å². The Labute approximate surface area is 249 Å². The molecule has 2 aliphatic heterocycles. The topological polar surface area (TPSA) is 8.17 Å². The zero-order chi connectivity index (χ0) is 27.8. The van der Waals surface area contributed by atoms with Gasteiger partial charge >= 0.3 is 0 Å². The maximum Gasteiger partial charge on any atom is 0.252 e. The van der Waals surface area contributed by atoms with Crippen LogP contribution in [0.1, 0.15) is 0 Å². The number of benzene rings is 7. The highest BCUT2D eigenvalue weighted by Gasteiger charge is 2.42. The summed E-state index contributed by atoms with van der Waals surface area (Å²) >= 11 is 0. The molecule has 1 aliphatic carbocycles. The fourth-order valence-electron chi connectivity index (χ4n) is 8.56. The summed E-state index contributed by atoms with van der Waals surface area (Å²) in [5.41, 5.74) is 17.0. The molecule has 0 amide bonds. The lowest BCUT2D eigenvalue weighted by Gasteiger charge is -2.40. The summed E-state index contributed by atoms with van der Waals surface area (Å²) in [6, 6.07) is 52.0. The Balaban J connectivity index is 1.39. The second kappa shape index (κ2) is 7.64. The maximum absolute atomic E-state index is 2.58. The molecule has 3 heteroatoms. The molecular weight excluding hydrogens is 519 g/mol. The molecule has 196 valence electrons. The first kappa shape index (κ1) is 22.1. The summed E-state index contributed by atoms with van der Waals surface area (Å²) in [6.07, 6.45) is 0. The second-order valence-electron chi connectivity index (χ2n) is 12.0. The monoisotopic (exact) mass is 542 g/mol. The summed E-state index contributed by atoms with van der Waals surface area (Å²) in [6.45, 7) is 0.140. The van der Waals surface area contributed by atoms with Gasteiger partial charge in [0, 0.05) is 33.5 Å². The first-order chi connectivity index (χ1) is 21.4. The van der Waals surface area contributed by atoms with Gasteiger partial charge in [-0.2, -0.15) is 0 Å². The van der Waals surface area contributed by atoms with Gasteiger partial charge in [-0.1, -0.05) is 103 Å². The largest absolute Gasteiger partial charge is 0.311 e. The van der Waals surface area contributed by atoms with Crippen LogP contribution in [0, 0.1) is 0 Å². The van der Waals surface area contributed by atoms with E-state index in [4.69, 9.17) is 0 Å². The lowest BCUT2D eigenvalue weighted by molar-refractivity contribution is 1.18. The van der Waals surface area contributed by atoms with Crippen LogP contribution in [0.3, 0.4) is 0 Å². The predicted octanol–water partition coefficient (Wildman–Crippen LogP) is 8.20. The SMILES string of the molecule is c1ccc(N2c3ccccc3B3c4c2cccc4-n2c4cccc5c4c4c6c(cccc6cc3c42)-c2ccccc2-5)cc1. The van der Waals surface area contributed by atoms with Gasteiger partial charge in [0.25, 0.3) is 6.71 Å². The van der Waals surface area contributed by atoms with E-state index in [1.807, 2.05) is 0 Å². The normalized spacial score (nSPS) is 13.5. The van der Waals surface area contributed by atoms with Gasteiger partial charge in [-0.25, -0.2) is 0 Å². The van der Waals surface area contributed by atoms with E-state index in [-0.39, 0.29) is 6.71 Å². The summed E-state index contributed by atoms with van der Waals surface area (Å²) in [5.74, 6) is 0. The maximum atomic E-state index is 2.58. The first-order valence-electron chi connectivity index (χ1n) is 15.1. The third kappa shape index (κ3) is 2.54. The minimum atomic E-state index is 0.140. The summed E-state index contributed by atoms with van der Waals surface area (Å²) in [5, 5.41) is 5.45. The number of aromatic nitrogens is 1. The third-order valence-electron chi connectivity index (χ3n) is 10.1. The number of hydrogen-bond acceptors (Lipinski definition) is 1. The van der Waals surface area contributed by atoms with Crippen molar-refractivity contribution in [1.82, 2.24) is 4.57 Å². The molecular formula is C40H23BN2. The number of rotatable bonds is 1. The Hall–Kier alpha value is -5.54. The lowest BCUT2D eigenvalue weighted by Crippen LogP contribution is -2.60. The molecule has 3 heterocycles. The van der Waals surface area contributed by atoms with Crippen LogP contribution in [0.25, 0.3) is 60.5 Å². The van der Waals surface area contributed by atoms with Gasteiger partial charge in [0.05, 0.1) is 11.0 Å². The van der Waals surface area contributed by atoms with Crippen LogP contribution in [-0.4, -0.2) is 11.3 Å². The molecule has 0 radical (unpaired) electrons. The molecule has 8 aromatic rings. The van der Waals surface area contributed by atoms with Gasteiger partial charge in [-0.15, -0.1) is 0 Å². The molecule has 0 fully saturated rings. The Morgan fingerprint density at radius 3 is 1.95 bits per heavy atom. The molecule has 7 aromatic carbocycles. The molecule has 0 N–H and O–H groups in total. The van der Waals surface area contributed by atoms with E-state index in [0.717, 1.165) is 0 Å². The van der Waals surface area contributed by atoms with Crippen molar-refractivity contribution in [3.05, 3.63) is 140 Å². The first-order valence-corrected chi connectivity index (χ1v) is 15.1. The number of anilines is 3. The third-order valence-corrected chi connectivity index (χ3v) is 10.1. The van der Waals surface area contributed by atoms with Crippen molar-refractivity contribution in [1.29, 1.82) is 0 Å². The highest BCUT2D eigenvalue weighted by atomic mass is 15.2. The van der Waals surface area contributed by atoms with Gasteiger partial charge < -0.3 is 9.47 Å². The molecule has 0 saturated heterocycles. The molecule has 3 aliphatic rings. The minimum absolute atomic E-state index is 0.140. The molecule has 2 nitrogen and oxygen atoms in total. The summed E-state index contributed by atoms with van der Waals surface area (Å²) < 4.78 is 2.58. The summed E-state index contributed by atoms with van der Waals surface area (Å²) in [4.78, 5) is 2.46. The van der Waals surface area contributed by atoms with Crippen molar-refractivity contribution in [2.75, 3.05) is 4.90 Å². The Kier molecular flexibility index (Phi) is 3.93. The average molecular weight is 542 g/mol. The molecule has 1 aromatic heterocycles. The van der Waals surface area contributed by atoms with E-state index in [9.17, 15) is 0 Å². The van der Waals surface area contributed by atoms with Crippen molar-refractivity contribution < 1.29 is 0 Å². The smallest absolute Gasteiger partial charge is 0.252 e. The molecule has 43 heavy (non-hydrogen) atoms. The predicted molar refractivity (Wildman–Crippen MR) is 182 cm³/mol. The molecule has 11 rings (SSSR count). The minimum Gasteiger partial charge on any atom is -0.311 e. The van der Waals surface area contributed by atoms with Gasteiger partial charge in [-0.05, 0) is 85.8 Å². The van der Waals surface area contributed by atoms with E-state index in [0.29, 0.717) is 0 Å². The lowest BCUT2D eigenvalue weighted by atomic mass is 9.33. The highest BCUT2D eigenvalue weighted by molar-refractivity contribution is 7.00. The molecule has 0 unspecified atom stereocenters. The number of para-hydroxylation sites is 2. The van der Waals surface area contributed by atoms with Crippen LogP contribution in [0.15, 0.2) is 140 Å². The fourth-order valence-corrected chi connectivity index (χ4v) is 8.56. The van der Waals surface area contributed by atoms with Crippen LogP contribution >= 0.6 is 0 Å². The van der Waals surface area contributed by atoms with Crippen molar-refractivity contribution in [2.45, 2.75) is 0 Å². The van der Waals surface area contributed by atoms with Gasteiger partial charge in [0.1, 0.15) is 0 Å². The van der Waals surface area contributed by atoms with Gasteiger partial charge in [0.15, 0.2) is 0 Å². The Bertz CT molecular complexity index is 2520. The van der Waals surface area contributed by atoms with E-state index in [1.165, 1.54) is 94.0 Å². The van der Waals surface area contributed by atoms with E-state index < -0.39 is 0 Å². The zero-order valence-electron chi connectivity index (χ0n) is 23.3. The van der Waals surface area contributed by atoms with Crippen molar-refractivity contribution in [2.24, 2.45) is 0 Å². The van der Waals surface area contributed by atoms with Crippen LogP contribution in [0.2, 0.25) is 0 Å². The average Bonchev–Trinajstić information content (AvgIpc) is 3.36. The van der Waals surface area contributed by atoms with Gasteiger partial charge in [0.2, 0.25) is 0 Å². The second-order valence-corrected chi connectivity index (χ2v) is 12.0. The van der Waals surface area contributed by atoms with Crippen molar-refractivity contribution in [3.63, 3.8) is 0 Å². The van der Waals surface area contributed by atoms with Gasteiger partial charge in [-0.3, -0.25) is 0 Å². The Morgan fingerprint density at radius 2 is 1.09 bits per heavy atom. The van der Waals surface area contributed by atoms with Crippen LogP contribution in [0.4, 0.5) is 17.1 Å².